The molecular formula is C25H18N2O5. The highest BCUT2D eigenvalue weighted by Gasteiger charge is 2.17. The number of nitrogens with zero attached hydrogens (tertiary/aromatic N) is 1. The van der Waals surface area contributed by atoms with E-state index in [1.165, 1.54) is 18.3 Å². The minimum Gasteiger partial charge on any atom is -0.504 e. The first-order chi connectivity index (χ1) is 15.5. The number of hydrogen-bond acceptors (Lipinski definition) is 6. The van der Waals surface area contributed by atoms with E-state index in [1.54, 1.807) is 18.2 Å². The van der Waals surface area contributed by atoms with E-state index in [-0.39, 0.29) is 23.9 Å². The van der Waals surface area contributed by atoms with E-state index in [1.807, 2.05) is 36.4 Å². The Kier molecular flexibility index (Phi) is 4.63. The standard InChI is InChI=1S/C25H18N2O5/c28-19-9-8-14(10-20(19)29)12-26-13-18-23-16(5-3-6-17(23)24(30)27-25(18)31)22-11-15-4-1-2-7-21(15)32-22/h1-11,13,28-29H,12H2,(H2,27,30,31). The minimum atomic E-state index is -0.420. The van der Waals surface area contributed by atoms with Crippen LogP contribution in [0.1, 0.15) is 11.1 Å². The fraction of sp³-hybridized carbons (Fsp3) is 0.0400. The molecule has 32 heavy (non-hydrogen) atoms. The average molecular weight is 426 g/mol. The Labute approximate surface area is 181 Å². The summed E-state index contributed by atoms with van der Waals surface area (Å²) < 4.78 is 6.01. The van der Waals surface area contributed by atoms with Gasteiger partial charge in [0.15, 0.2) is 11.5 Å². The van der Waals surface area contributed by atoms with Crippen LogP contribution in [0.3, 0.4) is 0 Å². The highest BCUT2D eigenvalue weighted by Crippen LogP contribution is 2.35. The van der Waals surface area contributed by atoms with Crippen molar-refractivity contribution in [2.24, 2.45) is 4.99 Å². The maximum Gasteiger partial charge on any atom is 0.258 e. The molecule has 0 aliphatic carbocycles. The van der Waals surface area contributed by atoms with Crippen LogP contribution in [0.4, 0.5) is 0 Å². The second-order valence-corrected chi connectivity index (χ2v) is 7.39. The highest BCUT2D eigenvalue weighted by atomic mass is 16.3. The van der Waals surface area contributed by atoms with E-state index in [4.69, 9.17) is 4.42 Å². The van der Waals surface area contributed by atoms with Gasteiger partial charge in [-0.2, -0.15) is 0 Å². The van der Waals surface area contributed by atoms with E-state index in [9.17, 15) is 20.1 Å². The van der Waals surface area contributed by atoms with Gasteiger partial charge in [-0.15, -0.1) is 0 Å². The fourth-order valence-electron chi connectivity index (χ4n) is 3.75. The maximum absolute atomic E-state index is 12.5. The molecule has 7 nitrogen and oxygen atoms in total. The van der Waals surface area contributed by atoms with Crippen LogP contribution in [0.5, 0.6) is 17.4 Å². The third-order valence-electron chi connectivity index (χ3n) is 5.29. The number of aromatic hydroxyl groups is 3. The SMILES string of the molecule is O=c1[nH]c(O)c(C=NCc2ccc(O)c(O)c2)c2c(-c3cc4ccccc4o3)cccc12. The molecule has 5 rings (SSSR count). The molecule has 3 aromatic carbocycles. The summed E-state index contributed by atoms with van der Waals surface area (Å²) in [5.41, 5.74) is 1.97. The van der Waals surface area contributed by atoms with E-state index in [0.717, 1.165) is 11.0 Å². The zero-order chi connectivity index (χ0) is 22.2. The van der Waals surface area contributed by atoms with Gasteiger partial charge in [0.2, 0.25) is 5.88 Å². The summed E-state index contributed by atoms with van der Waals surface area (Å²) in [4.78, 5) is 19.4. The van der Waals surface area contributed by atoms with Crippen molar-refractivity contribution in [1.82, 2.24) is 4.98 Å². The topological polar surface area (TPSA) is 119 Å². The van der Waals surface area contributed by atoms with Gasteiger partial charge < -0.3 is 19.7 Å². The molecule has 2 aromatic heterocycles. The molecule has 4 N–H and O–H groups in total. The molecule has 0 unspecified atom stereocenters. The molecule has 0 saturated heterocycles. The number of furan rings is 1. The quantitative estimate of drug-likeness (QED) is 0.246. The van der Waals surface area contributed by atoms with Crippen molar-refractivity contribution in [3.05, 3.63) is 88.2 Å². The summed E-state index contributed by atoms with van der Waals surface area (Å²) in [6, 6.07) is 19.2. The first kappa shape index (κ1) is 19.4. The minimum absolute atomic E-state index is 0.195. The third kappa shape index (κ3) is 3.35. The lowest BCUT2D eigenvalue weighted by atomic mass is 9.99. The molecule has 0 aliphatic rings. The maximum atomic E-state index is 12.5. The highest BCUT2D eigenvalue weighted by molar-refractivity contribution is 6.08. The molecule has 0 saturated carbocycles. The second kappa shape index (κ2) is 7.63. The Morgan fingerprint density at radius 3 is 2.59 bits per heavy atom. The number of hydrogen-bond donors (Lipinski definition) is 4. The first-order valence-electron chi connectivity index (χ1n) is 9.89. The monoisotopic (exact) mass is 426 g/mol. The van der Waals surface area contributed by atoms with E-state index in [2.05, 4.69) is 9.98 Å². The molecule has 0 fully saturated rings. The van der Waals surface area contributed by atoms with Crippen LogP contribution < -0.4 is 5.56 Å². The van der Waals surface area contributed by atoms with Gasteiger partial charge in [0.1, 0.15) is 11.3 Å². The molecule has 5 aromatic rings. The summed E-state index contributed by atoms with van der Waals surface area (Å²) in [7, 11) is 0. The Balaban J connectivity index is 1.65. The summed E-state index contributed by atoms with van der Waals surface area (Å²) in [5, 5.41) is 31.5. The molecule has 0 bridgehead atoms. The molecular weight excluding hydrogens is 408 g/mol. The van der Waals surface area contributed by atoms with Crippen molar-refractivity contribution in [3.8, 4) is 28.7 Å². The Bertz CT molecular complexity index is 1530. The van der Waals surface area contributed by atoms with Crippen molar-refractivity contribution in [3.63, 3.8) is 0 Å². The number of pyridine rings is 1. The van der Waals surface area contributed by atoms with Gasteiger partial charge in [-0.1, -0.05) is 36.4 Å². The number of phenols is 2. The predicted octanol–water partition coefficient (Wildman–Crippen LogP) is 4.68. The fourth-order valence-corrected chi connectivity index (χ4v) is 3.75. The van der Waals surface area contributed by atoms with Crippen molar-refractivity contribution >= 4 is 28.0 Å². The van der Waals surface area contributed by atoms with Gasteiger partial charge >= 0.3 is 0 Å². The Morgan fingerprint density at radius 1 is 0.938 bits per heavy atom. The lowest BCUT2D eigenvalue weighted by molar-refractivity contribution is 0.403. The van der Waals surface area contributed by atoms with Gasteiger partial charge in [0, 0.05) is 27.9 Å². The molecule has 0 aliphatic heterocycles. The number of aromatic nitrogens is 1. The zero-order valence-corrected chi connectivity index (χ0v) is 16.7. The number of rotatable bonds is 4. The number of H-pyrrole nitrogens is 1. The molecule has 0 atom stereocenters. The van der Waals surface area contributed by atoms with Crippen LogP contribution in [0.15, 0.2) is 80.9 Å². The zero-order valence-electron chi connectivity index (χ0n) is 16.7. The van der Waals surface area contributed by atoms with Crippen LogP contribution in [0.25, 0.3) is 33.1 Å². The Morgan fingerprint density at radius 2 is 1.78 bits per heavy atom. The summed E-state index contributed by atoms with van der Waals surface area (Å²) >= 11 is 0. The largest absolute Gasteiger partial charge is 0.504 e. The number of nitrogens with one attached hydrogen (secondary N) is 1. The van der Waals surface area contributed by atoms with Crippen molar-refractivity contribution in [2.75, 3.05) is 0 Å². The van der Waals surface area contributed by atoms with Gasteiger partial charge in [-0.25, -0.2) is 0 Å². The molecule has 0 spiro atoms. The summed E-state index contributed by atoms with van der Waals surface area (Å²) in [6.45, 7) is 0.195. The average Bonchev–Trinajstić information content (AvgIpc) is 3.22. The van der Waals surface area contributed by atoms with Gasteiger partial charge in [-0.3, -0.25) is 14.8 Å². The molecule has 0 radical (unpaired) electrons. The number of benzene rings is 3. The number of phenolic OH excluding ortho intramolecular Hbond substituents is 2. The van der Waals surface area contributed by atoms with Crippen molar-refractivity contribution in [2.45, 2.75) is 6.54 Å². The van der Waals surface area contributed by atoms with Crippen LogP contribution in [0, 0.1) is 0 Å². The smallest absolute Gasteiger partial charge is 0.258 e. The van der Waals surface area contributed by atoms with Gasteiger partial charge in [0.25, 0.3) is 5.56 Å². The first-order valence-corrected chi connectivity index (χ1v) is 9.89. The van der Waals surface area contributed by atoms with Gasteiger partial charge in [-0.05, 0) is 35.9 Å². The number of fused-ring (bicyclic) bond motifs is 2. The van der Waals surface area contributed by atoms with E-state index in [0.29, 0.717) is 33.2 Å². The molecule has 0 amide bonds. The number of aliphatic imine (C=N–C) groups is 1. The third-order valence-corrected chi connectivity index (χ3v) is 5.29. The van der Waals surface area contributed by atoms with Crippen LogP contribution in [-0.2, 0) is 6.54 Å². The van der Waals surface area contributed by atoms with E-state index < -0.39 is 5.56 Å². The second-order valence-electron chi connectivity index (χ2n) is 7.39. The normalized spacial score (nSPS) is 11.6. The lowest BCUT2D eigenvalue weighted by Crippen LogP contribution is -2.08. The Hall–Kier alpha value is -4.52. The summed E-state index contributed by atoms with van der Waals surface area (Å²) in [6.07, 6.45) is 1.48. The number of aromatic amines is 1. The molecule has 158 valence electrons. The van der Waals surface area contributed by atoms with Crippen molar-refractivity contribution in [1.29, 1.82) is 0 Å². The summed E-state index contributed by atoms with van der Waals surface area (Å²) in [5.74, 6) is -0.178. The van der Waals surface area contributed by atoms with Crippen LogP contribution in [0.2, 0.25) is 0 Å². The van der Waals surface area contributed by atoms with Crippen LogP contribution in [-0.4, -0.2) is 26.5 Å². The van der Waals surface area contributed by atoms with Crippen LogP contribution >= 0.6 is 0 Å². The lowest BCUT2D eigenvalue weighted by Gasteiger charge is -2.09. The number of para-hydroxylation sites is 1. The van der Waals surface area contributed by atoms with E-state index >= 15 is 0 Å². The van der Waals surface area contributed by atoms with Gasteiger partial charge in [0.05, 0.1) is 12.1 Å². The molecule has 7 heteroatoms. The van der Waals surface area contributed by atoms with Crippen molar-refractivity contribution < 1.29 is 19.7 Å². The molecule has 2 heterocycles. The predicted molar refractivity (Wildman–Crippen MR) is 123 cm³/mol.